The molecule has 25 heavy (non-hydrogen) atoms. The van der Waals surface area contributed by atoms with Crippen molar-refractivity contribution in [2.24, 2.45) is 5.73 Å². The Morgan fingerprint density at radius 3 is 1.16 bits per heavy atom. The van der Waals surface area contributed by atoms with E-state index in [1.165, 1.54) is 0 Å². The Hall–Kier alpha value is -2.76. The van der Waals surface area contributed by atoms with Crippen molar-refractivity contribution in [3.8, 4) is 17.2 Å². The van der Waals surface area contributed by atoms with Gasteiger partial charge in [-0.2, -0.15) is 0 Å². The number of hydrogen-bond acceptors (Lipinski definition) is 4. The van der Waals surface area contributed by atoms with Crippen LogP contribution in [0.15, 0.2) is 91.0 Å². The summed E-state index contributed by atoms with van der Waals surface area (Å²) < 4.78 is 18.8. The summed E-state index contributed by atoms with van der Waals surface area (Å²) in [5.41, 5.74) is 5.87. The average Bonchev–Trinajstić information content (AvgIpc) is 2.64. The molecule has 0 saturated heterocycles. The topological polar surface area (TPSA) is 53.7 Å². The van der Waals surface area contributed by atoms with Gasteiger partial charge < -0.3 is 19.0 Å². The first kappa shape index (κ1) is 17.1. The first-order valence-corrected chi connectivity index (χ1v) is 10.2. The molecule has 0 atom stereocenters. The van der Waals surface area contributed by atoms with Crippen LogP contribution in [0, 0.1) is 0 Å². The Bertz CT molecular complexity index is 652. The van der Waals surface area contributed by atoms with Gasteiger partial charge in [0.15, 0.2) is 0 Å². The Labute approximate surface area is 149 Å². The molecular formula is C20H21NO3Si. The third-order valence-corrected chi connectivity index (χ3v) is 6.04. The first-order valence-electron chi connectivity index (χ1n) is 8.22. The fraction of sp³-hybridized carbons (Fsp3) is 0.100. The first-order chi connectivity index (χ1) is 12.3. The highest BCUT2D eigenvalue weighted by atomic mass is 28.4. The van der Waals surface area contributed by atoms with E-state index in [0.29, 0.717) is 29.8 Å². The number of para-hydroxylation sites is 3. The minimum Gasteiger partial charge on any atom is -0.483 e. The van der Waals surface area contributed by atoms with Crippen LogP contribution >= 0.6 is 0 Å². The maximum Gasteiger partial charge on any atom is 0.700 e. The molecule has 0 radical (unpaired) electrons. The van der Waals surface area contributed by atoms with Crippen LogP contribution in [-0.2, 0) is 0 Å². The Morgan fingerprint density at radius 2 is 0.880 bits per heavy atom. The predicted octanol–water partition coefficient (Wildman–Crippen LogP) is 4.12. The van der Waals surface area contributed by atoms with Crippen LogP contribution in [0.1, 0.15) is 0 Å². The van der Waals surface area contributed by atoms with Crippen molar-refractivity contribution in [1.82, 2.24) is 0 Å². The quantitative estimate of drug-likeness (QED) is 0.620. The minimum atomic E-state index is -3.14. The molecule has 2 N–H and O–H groups in total. The molecule has 0 fully saturated rings. The summed E-state index contributed by atoms with van der Waals surface area (Å²) in [6.45, 7) is 0.402. The molecule has 5 heteroatoms. The van der Waals surface area contributed by atoms with Crippen LogP contribution in [0.25, 0.3) is 0 Å². The number of nitrogens with two attached hydrogens (primary N) is 1. The molecular weight excluding hydrogens is 330 g/mol. The fourth-order valence-corrected chi connectivity index (χ4v) is 4.67. The maximum absolute atomic E-state index is 6.26. The smallest absolute Gasteiger partial charge is 0.483 e. The standard InChI is InChI=1S/C20H21NO3Si/c21-16-17-25(22-18-10-4-1-5-11-18,23-19-12-6-2-7-13-19)24-20-14-8-3-9-15-20/h1-15H,16-17,21H2. The van der Waals surface area contributed by atoms with Crippen molar-refractivity contribution < 1.29 is 13.3 Å². The van der Waals surface area contributed by atoms with Gasteiger partial charge in [0.25, 0.3) is 0 Å². The largest absolute Gasteiger partial charge is 0.700 e. The summed E-state index contributed by atoms with van der Waals surface area (Å²) in [6, 6.07) is 29.2. The molecule has 0 amide bonds. The van der Waals surface area contributed by atoms with Crippen molar-refractivity contribution in [3.63, 3.8) is 0 Å². The molecule has 0 saturated carbocycles. The van der Waals surface area contributed by atoms with Crippen molar-refractivity contribution in [2.45, 2.75) is 6.04 Å². The minimum absolute atomic E-state index is 0.402. The second kappa shape index (κ2) is 8.37. The average molecular weight is 351 g/mol. The van der Waals surface area contributed by atoms with Gasteiger partial charge in [-0.15, -0.1) is 0 Å². The van der Waals surface area contributed by atoms with Gasteiger partial charge in [-0.3, -0.25) is 0 Å². The van der Waals surface area contributed by atoms with E-state index < -0.39 is 8.80 Å². The van der Waals surface area contributed by atoms with E-state index in [0.717, 1.165) is 0 Å². The van der Waals surface area contributed by atoms with Gasteiger partial charge in [0.05, 0.1) is 6.04 Å². The lowest BCUT2D eigenvalue weighted by Gasteiger charge is -2.30. The molecule has 0 aliphatic heterocycles. The molecule has 128 valence electrons. The van der Waals surface area contributed by atoms with E-state index in [-0.39, 0.29) is 0 Å². The third kappa shape index (κ3) is 4.85. The predicted molar refractivity (Wildman–Crippen MR) is 101 cm³/mol. The molecule has 0 bridgehead atoms. The maximum atomic E-state index is 6.26. The van der Waals surface area contributed by atoms with Crippen LogP contribution in [0.4, 0.5) is 0 Å². The van der Waals surface area contributed by atoms with Crippen LogP contribution in [0.2, 0.25) is 6.04 Å². The Morgan fingerprint density at radius 1 is 0.560 bits per heavy atom. The summed E-state index contributed by atoms with van der Waals surface area (Å²) in [7, 11) is -3.14. The lowest BCUT2D eigenvalue weighted by Crippen LogP contribution is -2.56. The van der Waals surface area contributed by atoms with Gasteiger partial charge in [0, 0.05) is 6.54 Å². The molecule has 0 heterocycles. The lowest BCUT2D eigenvalue weighted by atomic mass is 10.3. The SMILES string of the molecule is NCC[Si](Oc1ccccc1)(Oc1ccccc1)Oc1ccccc1. The van der Waals surface area contributed by atoms with Gasteiger partial charge in [-0.25, -0.2) is 0 Å². The molecule has 3 rings (SSSR count). The van der Waals surface area contributed by atoms with Crippen molar-refractivity contribution in [2.75, 3.05) is 6.54 Å². The van der Waals surface area contributed by atoms with E-state index in [2.05, 4.69) is 0 Å². The molecule has 0 spiro atoms. The highest BCUT2D eigenvalue weighted by Gasteiger charge is 2.48. The highest BCUT2D eigenvalue weighted by molar-refractivity contribution is 6.63. The van der Waals surface area contributed by atoms with E-state index in [1.54, 1.807) is 0 Å². The highest BCUT2D eigenvalue weighted by Crippen LogP contribution is 2.26. The molecule has 4 nitrogen and oxygen atoms in total. The zero-order valence-corrected chi connectivity index (χ0v) is 14.9. The van der Waals surface area contributed by atoms with E-state index in [4.69, 9.17) is 19.0 Å². The van der Waals surface area contributed by atoms with E-state index in [9.17, 15) is 0 Å². The summed E-state index contributed by atoms with van der Waals surface area (Å²) in [4.78, 5) is 0. The Balaban J connectivity index is 1.94. The van der Waals surface area contributed by atoms with Gasteiger partial charge in [0.2, 0.25) is 0 Å². The molecule has 0 unspecified atom stereocenters. The second-order valence-electron chi connectivity index (χ2n) is 5.47. The van der Waals surface area contributed by atoms with Crippen molar-refractivity contribution in [1.29, 1.82) is 0 Å². The summed E-state index contributed by atoms with van der Waals surface area (Å²) >= 11 is 0. The summed E-state index contributed by atoms with van der Waals surface area (Å²) in [5, 5.41) is 0. The number of benzene rings is 3. The van der Waals surface area contributed by atoms with Crippen LogP contribution in [0.3, 0.4) is 0 Å². The van der Waals surface area contributed by atoms with E-state index >= 15 is 0 Å². The second-order valence-corrected chi connectivity index (χ2v) is 7.95. The molecule has 3 aromatic rings. The number of hydrogen-bond donors (Lipinski definition) is 1. The van der Waals surface area contributed by atoms with Crippen molar-refractivity contribution >= 4 is 8.80 Å². The third-order valence-electron chi connectivity index (χ3n) is 3.50. The summed E-state index contributed by atoms with van der Waals surface area (Å²) in [6.07, 6.45) is 0. The summed E-state index contributed by atoms with van der Waals surface area (Å²) in [5.74, 6) is 2.11. The zero-order chi connectivity index (χ0) is 17.4. The monoisotopic (exact) mass is 351 g/mol. The molecule has 0 aromatic heterocycles. The fourth-order valence-electron chi connectivity index (χ4n) is 2.40. The van der Waals surface area contributed by atoms with Crippen LogP contribution < -0.4 is 19.0 Å². The Kier molecular flexibility index (Phi) is 5.72. The number of rotatable bonds is 8. The van der Waals surface area contributed by atoms with Crippen LogP contribution in [0.5, 0.6) is 17.2 Å². The van der Waals surface area contributed by atoms with E-state index in [1.807, 2.05) is 91.0 Å². The van der Waals surface area contributed by atoms with Crippen LogP contribution in [-0.4, -0.2) is 15.3 Å². The molecule has 3 aromatic carbocycles. The van der Waals surface area contributed by atoms with Gasteiger partial charge >= 0.3 is 8.80 Å². The van der Waals surface area contributed by atoms with Crippen molar-refractivity contribution in [3.05, 3.63) is 91.0 Å². The molecule has 0 aliphatic carbocycles. The lowest BCUT2D eigenvalue weighted by molar-refractivity contribution is 0.261. The van der Waals surface area contributed by atoms with Gasteiger partial charge in [-0.05, 0) is 36.4 Å². The van der Waals surface area contributed by atoms with Gasteiger partial charge in [-0.1, -0.05) is 54.6 Å². The molecule has 0 aliphatic rings. The van der Waals surface area contributed by atoms with Gasteiger partial charge in [0.1, 0.15) is 17.2 Å². The zero-order valence-electron chi connectivity index (χ0n) is 13.9. The normalized spacial score (nSPS) is 10.9.